The Hall–Kier alpha value is -4.62. The SMILES string of the molecule is Cn1cc2cc(-n3cc4ccc(OCC(F)(F)F)nc4c(-c4ccc(OC(F)(F)F)nc4)c3=O)ccc2n1. The molecule has 0 saturated carbocycles. The molecule has 5 rings (SSSR count). The summed E-state index contributed by atoms with van der Waals surface area (Å²) in [7, 11) is 1.74. The van der Waals surface area contributed by atoms with Crippen molar-refractivity contribution in [2.45, 2.75) is 12.5 Å². The minimum absolute atomic E-state index is 0.0281. The first-order valence-corrected chi connectivity index (χ1v) is 10.8. The smallest absolute Gasteiger partial charge is 0.468 e. The maximum atomic E-state index is 13.7. The van der Waals surface area contributed by atoms with E-state index in [1.165, 1.54) is 29.0 Å². The molecule has 0 spiro atoms. The number of pyridine rings is 3. The van der Waals surface area contributed by atoms with E-state index >= 15 is 0 Å². The van der Waals surface area contributed by atoms with Gasteiger partial charge in [-0.15, -0.1) is 13.2 Å². The molecule has 0 bridgehead atoms. The number of hydrogen-bond acceptors (Lipinski definition) is 6. The lowest BCUT2D eigenvalue weighted by Crippen LogP contribution is -2.21. The molecule has 0 aliphatic carbocycles. The molecule has 0 amide bonds. The van der Waals surface area contributed by atoms with Gasteiger partial charge in [-0.1, -0.05) is 0 Å². The summed E-state index contributed by atoms with van der Waals surface area (Å²) in [4.78, 5) is 21.4. The molecular weight excluding hydrogens is 520 g/mol. The number of rotatable bonds is 5. The maximum Gasteiger partial charge on any atom is 0.574 e. The van der Waals surface area contributed by atoms with E-state index in [4.69, 9.17) is 4.74 Å². The van der Waals surface area contributed by atoms with Gasteiger partial charge in [0.25, 0.3) is 5.56 Å². The van der Waals surface area contributed by atoms with E-state index in [0.29, 0.717) is 16.6 Å². The van der Waals surface area contributed by atoms with Crippen molar-refractivity contribution in [3.05, 3.63) is 71.4 Å². The first kappa shape index (κ1) is 25.0. The fourth-order valence-corrected chi connectivity index (χ4v) is 3.86. The highest BCUT2D eigenvalue weighted by Crippen LogP contribution is 2.29. The molecule has 0 aliphatic rings. The van der Waals surface area contributed by atoms with Crippen molar-refractivity contribution in [3.8, 4) is 28.6 Å². The van der Waals surface area contributed by atoms with E-state index in [-0.39, 0.29) is 16.6 Å². The van der Waals surface area contributed by atoms with Gasteiger partial charge in [0.1, 0.15) is 0 Å². The van der Waals surface area contributed by atoms with E-state index in [1.54, 1.807) is 36.1 Å². The van der Waals surface area contributed by atoms with Crippen LogP contribution in [0.25, 0.3) is 38.6 Å². The molecule has 0 radical (unpaired) electrons. The first-order chi connectivity index (χ1) is 17.9. The quantitative estimate of drug-likeness (QED) is 0.289. The lowest BCUT2D eigenvalue weighted by Gasteiger charge is -2.14. The van der Waals surface area contributed by atoms with Gasteiger partial charge in [0.05, 0.1) is 16.6 Å². The highest BCUT2D eigenvalue weighted by Gasteiger charge is 2.32. The van der Waals surface area contributed by atoms with Gasteiger partial charge in [-0.05, 0) is 30.3 Å². The first-order valence-electron chi connectivity index (χ1n) is 10.8. The van der Waals surface area contributed by atoms with E-state index in [2.05, 4.69) is 19.8 Å². The Kier molecular flexibility index (Phi) is 5.96. The Morgan fingerprint density at radius 3 is 2.37 bits per heavy atom. The number of aromatic nitrogens is 5. The Balaban J connectivity index is 1.69. The highest BCUT2D eigenvalue weighted by atomic mass is 19.4. The van der Waals surface area contributed by atoms with Gasteiger partial charge < -0.3 is 9.47 Å². The third kappa shape index (κ3) is 5.23. The van der Waals surface area contributed by atoms with Crippen molar-refractivity contribution in [3.63, 3.8) is 0 Å². The Morgan fingerprint density at radius 2 is 1.68 bits per heavy atom. The third-order valence-corrected chi connectivity index (χ3v) is 5.35. The minimum Gasteiger partial charge on any atom is -0.468 e. The van der Waals surface area contributed by atoms with Gasteiger partial charge in [0.2, 0.25) is 11.8 Å². The molecule has 0 N–H and O–H groups in total. The second-order valence-electron chi connectivity index (χ2n) is 8.15. The monoisotopic (exact) mass is 535 g/mol. The molecule has 196 valence electrons. The van der Waals surface area contributed by atoms with Crippen LogP contribution in [0, 0.1) is 0 Å². The summed E-state index contributed by atoms with van der Waals surface area (Å²) >= 11 is 0. The second kappa shape index (κ2) is 9.04. The van der Waals surface area contributed by atoms with E-state index < -0.39 is 36.5 Å². The number of aryl methyl sites for hydroxylation is 1. The predicted octanol–water partition coefficient (Wildman–Crippen LogP) is 5.17. The van der Waals surface area contributed by atoms with E-state index in [0.717, 1.165) is 17.6 Å². The standard InChI is InChI=1S/C24H15F6N5O3/c1-34-10-15-8-16(4-5-17(15)33-34)35-11-14-3-7-19(37-12-23(25,26)27)32-21(14)20(22(35)36)13-2-6-18(31-9-13)38-24(28,29)30/h2-11H,12H2,1H3. The summed E-state index contributed by atoms with van der Waals surface area (Å²) in [5.41, 5.74) is 0.403. The molecule has 14 heteroatoms. The van der Waals surface area contributed by atoms with Gasteiger partial charge >= 0.3 is 12.5 Å². The minimum atomic E-state index is -4.97. The Labute approximate surface area is 208 Å². The summed E-state index contributed by atoms with van der Waals surface area (Å²) in [6.07, 6.45) is -5.41. The number of hydrogen-bond donors (Lipinski definition) is 0. The third-order valence-electron chi connectivity index (χ3n) is 5.35. The van der Waals surface area contributed by atoms with Crippen molar-refractivity contribution in [2.75, 3.05) is 6.61 Å². The summed E-state index contributed by atoms with van der Waals surface area (Å²) in [5, 5.41) is 5.38. The molecule has 0 unspecified atom stereocenters. The van der Waals surface area contributed by atoms with Crippen molar-refractivity contribution < 1.29 is 35.8 Å². The lowest BCUT2D eigenvalue weighted by atomic mass is 10.1. The normalized spacial score (nSPS) is 12.3. The average molecular weight is 535 g/mol. The maximum absolute atomic E-state index is 13.7. The molecular formula is C24H15F6N5O3. The summed E-state index contributed by atoms with van der Waals surface area (Å²) in [6, 6.07) is 9.80. The largest absolute Gasteiger partial charge is 0.574 e. The summed E-state index contributed by atoms with van der Waals surface area (Å²) < 4.78 is 87.1. The van der Waals surface area contributed by atoms with Crippen LogP contribution in [0.1, 0.15) is 0 Å². The second-order valence-corrected chi connectivity index (χ2v) is 8.15. The van der Waals surface area contributed by atoms with Crippen molar-refractivity contribution in [2.24, 2.45) is 7.05 Å². The van der Waals surface area contributed by atoms with Crippen LogP contribution in [-0.4, -0.2) is 43.5 Å². The summed E-state index contributed by atoms with van der Waals surface area (Å²) in [6.45, 7) is -1.60. The predicted molar refractivity (Wildman–Crippen MR) is 123 cm³/mol. The van der Waals surface area contributed by atoms with Gasteiger partial charge in [-0.2, -0.15) is 18.3 Å². The average Bonchev–Trinajstić information content (AvgIpc) is 3.21. The van der Waals surface area contributed by atoms with Gasteiger partial charge in [-0.25, -0.2) is 9.97 Å². The number of ether oxygens (including phenoxy) is 2. The molecule has 4 heterocycles. The molecule has 4 aromatic heterocycles. The molecule has 0 atom stereocenters. The van der Waals surface area contributed by atoms with Crippen LogP contribution in [0.5, 0.6) is 11.8 Å². The Morgan fingerprint density at radius 1 is 0.921 bits per heavy atom. The van der Waals surface area contributed by atoms with Crippen LogP contribution in [-0.2, 0) is 7.05 Å². The number of benzene rings is 1. The molecule has 38 heavy (non-hydrogen) atoms. The van der Waals surface area contributed by atoms with E-state index in [9.17, 15) is 31.1 Å². The zero-order valence-corrected chi connectivity index (χ0v) is 19.2. The molecule has 0 fully saturated rings. The number of fused-ring (bicyclic) bond motifs is 2. The van der Waals surface area contributed by atoms with Crippen molar-refractivity contribution in [1.82, 2.24) is 24.3 Å². The lowest BCUT2D eigenvalue weighted by molar-refractivity contribution is -0.276. The Bertz CT molecular complexity index is 1710. The molecule has 0 aliphatic heterocycles. The van der Waals surface area contributed by atoms with E-state index in [1.807, 2.05) is 0 Å². The number of nitrogens with zero attached hydrogens (tertiary/aromatic N) is 5. The molecule has 8 nitrogen and oxygen atoms in total. The molecule has 0 saturated heterocycles. The zero-order chi connectivity index (χ0) is 27.2. The number of halogens is 6. The van der Waals surface area contributed by atoms with Crippen LogP contribution in [0.2, 0.25) is 0 Å². The van der Waals surface area contributed by atoms with Crippen LogP contribution in [0.4, 0.5) is 26.3 Å². The van der Waals surface area contributed by atoms with Gasteiger partial charge in [0.15, 0.2) is 6.61 Å². The number of alkyl halides is 6. The van der Waals surface area contributed by atoms with Crippen LogP contribution in [0.15, 0.2) is 65.8 Å². The summed E-state index contributed by atoms with van der Waals surface area (Å²) in [5.74, 6) is -1.15. The fraction of sp³-hybridized carbons (Fsp3) is 0.167. The van der Waals surface area contributed by atoms with Crippen LogP contribution >= 0.6 is 0 Å². The topological polar surface area (TPSA) is 84.1 Å². The van der Waals surface area contributed by atoms with Crippen LogP contribution < -0.4 is 15.0 Å². The van der Waals surface area contributed by atoms with Crippen molar-refractivity contribution >= 4 is 21.8 Å². The van der Waals surface area contributed by atoms with Crippen LogP contribution in [0.3, 0.4) is 0 Å². The highest BCUT2D eigenvalue weighted by molar-refractivity contribution is 5.93. The zero-order valence-electron chi connectivity index (χ0n) is 19.2. The van der Waals surface area contributed by atoms with Crippen molar-refractivity contribution in [1.29, 1.82) is 0 Å². The van der Waals surface area contributed by atoms with Gasteiger partial charge in [-0.3, -0.25) is 14.0 Å². The van der Waals surface area contributed by atoms with Gasteiger partial charge in [0, 0.05) is 59.8 Å². The fourth-order valence-electron chi connectivity index (χ4n) is 3.86. The molecule has 5 aromatic rings. The molecule has 1 aromatic carbocycles.